The molecule has 3 rings (SSSR count). The number of hydrogen-bond acceptors (Lipinski definition) is 6. The Bertz CT molecular complexity index is 1050. The van der Waals surface area contributed by atoms with Gasteiger partial charge < -0.3 is 14.5 Å². The molecule has 158 valence electrons. The summed E-state index contributed by atoms with van der Waals surface area (Å²) in [6.07, 6.45) is 1.72. The topological polar surface area (TPSA) is 106 Å². The molecule has 0 radical (unpaired) electrons. The molecule has 1 aromatic heterocycles. The molecule has 1 N–H and O–H groups in total. The van der Waals surface area contributed by atoms with Crippen LogP contribution in [0.15, 0.2) is 44.4 Å². The zero-order valence-electron chi connectivity index (χ0n) is 16.8. The van der Waals surface area contributed by atoms with Gasteiger partial charge in [0.1, 0.15) is 11.2 Å². The van der Waals surface area contributed by atoms with Crippen molar-refractivity contribution in [2.24, 2.45) is 0 Å². The Hall–Kier alpha value is -2.39. The van der Waals surface area contributed by atoms with Crippen molar-refractivity contribution in [3.63, 3.8) is 0 Å². The Morgan fingerprint density at radius 3 is 2.72 bits per heavy atom. The summed E-state index contributed by atoms with van der Waals surface area (Å²) in [5, 5.41) is 3.21. The van der Waals surface area contributed by atoms with Gasteiger partial charge in [0.15, 0.2) is 0 Å². The molecular weight excluding hydrogens is 396 g/mol. The first-order chi connectivity index (χ1) is 13.6. The van der Waals surface area contributed by atoms with Crippen LogP contribution < -0.4 is 10.9 Å². The van der Waals surface area contributed by atoms with Crippen LogP contribution in [-0.4, -0.2) is 43.5 Å². The summed E-state index contributed by atoms with van der Waals surface area (Å²) in [4.78, 5) is 23.4. The lowest BCUT2D eigenvalue weighted by Crippen LogP contribution is -2.49. The SMILES string of the molecule is CC(C)(C)OC(=O)NC[C@H]1CCCCN1S(=O)(=O)c1ccc2oc(=O)ccc2c1. The molecule has 9 heteroatoms. The zero-order valence-corrected chi connectivity index (χ0v) is 17.6. The van der Waals surface area contributed by atoms with Crippen molar-refractivity contribution in [1.82, 2.24) is 9.62 Å². The molecular formula is C20H26N2O6S. The number of benzene rings is 1. The fraction of sp³-hybridized carbons (Fsp3) is 0.500. The molecule has 0 aliphatic carbocycles. The Morgan fingerprint density at radius 2 is 2.00 bits per heavy atom. The molecule has 1 aliphatic rings. The minimum absolute atomic E-state index is 0.128. The van der Waals surface area contributed by atoms with E-state index in [9.17, 15) is 18.0 Å². The normalized spacial score (nSPS) is 18.5. The summed E-state index contributed by atoms with van der Waals surface area (Å²) in [5.41, 5.74) is -0.779. The molecule has 2 aromatic rings. The summed E-state index contributed by atoms with van der Waals surface area (Å²) in [6, 6.07) is 6.87. The molecule has 0 saturated carbocycles. The number of carbonyl (C=O) groups excluding carboxylic acids is 1. The second kappa shape index (κ2) is 8.16. The Balaban J connectivity index is 1.81. The summed E-state index contributed by atoms with van der Waals surface area (Å²) < 4.78 is 38.3. The fourth-order valence-corrected chi connectivity index (χ4v) is 5.08. The number of carbonyl (C=O) groups is 1. The number of alkyl carbamates (subject to hydrolysis) is 1. The maximum atomic E-state index is 13.3. The van der Waals surface area contributed by atoms with Crippen molar-refractivity contribution < 1.29 is 22.4 Å². The largest absolute Gasteiger partial charge is 0.444 e. The monoisotopic (exact) mass is 422 g/mol. The first kappa shape index (κ1) is 21.3. The van der Waals surface area contributed by atoms with E-state index in [0.717, 1.165) is 12.8 Å². The highest BCUT2D eigenvalue weighted by Crippen LogP contribution is 2.27. The third-order valence-electron chi connectivity index (χ3n) is 4.65. The van der Waals surface area contributed by atoms with E-state index in [0.29, 0.717) is 23.9 Å². The minimum Gasteiger partial charge on any atom is -0.444 e. The molecule has 8 nitrogen and oxygen atoms in total. The second-order valence-corrected chi connectivity index (χ2v) is 9.99. The summed E-state index contributed by atoms with van der Waals surface area (Å²) >= 11 is 0. The van der Waals surface area contributed by atoms with Gasteiger partial charge in [-0.15, -0.1) is 0 Å². The molecule has 1 fully saturated rings. The number of ether oxygens (including phenoxy) is 1. The van der Waals surface area contributed by atoms with Crippen molar-refractivity contribution in [2.45, 2.75) is 56.6 Å². The molecule has 1 atom stereocenters. The van der Waals surface area contributed by atoms with Crippen molar-refractivity contribution >= 4 is 27.1 Å². The third kappa shape index (κ3) is 5.16. The standard InChI is InChI=1S/C20H26N2O6S/c1-20(2,3)28-19(24)21-13-15-6-4-5-11-22(15)29(25,26)16-8-9-17-14(12-16)7-10-18(23)27-17/h7-10,12,15H,4-6,11,13H2,1-3H3,(H,21,24)/t15-/m1/s1. The van der Waals surface area contributed by atoms with Gasteiger partial charge in [-0.05, 0) is 57.9 Å². The van der Waals surface area contributed by atoms with Gasteiger partial charge in [0.25, 0.3) is 0 Å². The van der Waals surface area contributed by atoms with E-state index >= 15 is 0 Å². The molecule has 1 saturated heterocycles. The summed E-state index contributed by atoms with van der Waals surface area (Å²) in [6.45, 7) is 5.87. The molecule has 0 bridgehead atoms. The van der Waals surface area contributed by atoms with Crippen LogP contribution >= 0.6 is 0 Å². The molecule has 0 spiro atoms. The summed E-state index contributed by atoms with van der Waals surface area (Å²) in [7, 11) is -3.77. The number of nitrogens with zero attached hydrogens (tertiary/aromatic N) is 1. The molecule has 0 unspecified atom stereocenters. The van der Waals surface area contributed by atoms with Crippen LogP contribution in [0.1, 0.15) is 40.0 Å². The Kier molecular flexibility index (Phi) is 6.00. The molecule has 2 heterocycles. The number of sulfonamides is 1. The van der Waals surface area contributed by atoms with Crippen LogP contribution in [0.4, 0.5) is 4.79 Å². The Morgan fingerprint density at radius 1 is 1.24 bits per heavy atom. The van der Waals surface area contributed by atoms with Gasteiger partial charge in [-0.3, -0.25) is 0 Å². The lowest BCUT2D eigenvalue weighted by atomic mass is 10.1. The smallest absolute Gasteiger partial charge is 0.407 e. The van der Waals surface area contributed by atoms with E-state index in [2.05, 4.69) is 5.32 Å². The number of nitrogens with one attached hydrogen (secondary N) is 1. The van der Waals surface area contributed by atoms with Crippen LogP contribution in [0.3, 0.4) is 0 Å². The van der Waals surface area contributed by atoms with Gasteiger partial charge >= 0.3 is 11.7 Å². The molecule has 1 aliphatic heterocycles. The van der Waals surface area contributed by atoms with Gasteiger partial charge in [0, 0.05) is 30.6 Å². The van der Waals surface area contributed by atoms with Crippen LogP contribution in [-0.2, 0) is 14.8 Å². The van der Waals surface area contributed by atoms with Crippen molar-refractivity contribution in [3.8, 4) is 0 Å². The van der Waals surface area contributed by atoms with Crippen LogP contribution in [0.25, 0.3) is 11.0 Å². The highest BCUT2D eigenvalue weighted by atomic mass is 32.2. The van der Waals surface area contributed by atoms with E-state index in [1.165, 1.54) is 34.6 Å². The number of piperidine rings is 1. The third-order valence-corrected chi connectivity index (χ3v) is 6.60. The molecule has 1 amide bonds. The van der Waals surface area contributed by atoms with Crippen molar-refractivity contribution in [2.75, 3.05) is 13.1 Å². The lowest BCUT2D eigenvalue weighted by Gasteiger charge is -2.35. The fourth-order valence-electron chi connectivity index (χ4n) is 3.36. The first-order valence-corrected chi connectivity index (χ1v) is 11.0. The quantitative estimate of drug-likeness (QED) is 0.760. The molecule has 29 heavy (non-hydrogen) atoms. The minimum atomic E-state index is -3.77. The van der Waals surface area contributed by atoms with E-state index in [1.54, 1.807) is 20.8 Å². The average molecular weight is 423 g/mol. The van der Waals surface area contributed by atoms with Crippen molar-refractivity contribution in [3.05, 3.63) is 40.8 Å². The maximum Gasteiger partial charge on any atom is 0.407 e. The highest BCUT2D eigenvalue weighted by molar-refractivity contribution is 7.89. The van der Waals surface area contributed by atoms with Gasteiger partial charge in [-0.25, -0.2) is 18.0 Å². The predicted octanol–water partition coefficient (Wildman–Crippen LogP) is 2.86. The van der Waals surface area contributed by atoms with Gasteiger partial charge in [0.2, 0.25) is 10.0 Å². The van der Waals surface area contributed by atoms with E-state index in [-0.39, 0.29) is 17.5 Å². The van der Waals surface area contributed by atoms with Crippen molar-refractivity contribution in [1.29, 1.82) is 0 Å². The first-order valence-electron chi connectivity index (χ1n) is 9.59. The predicted molar refractivity (Wildman–Crippen MR) is 108 cm³/mol. The molecule has 1 aromatic carbocycles. The lowest BCUT2D eigenvalue weighted by molar-refractivity contribution is 0.0512. The number of amides is 1. The highest BCUT2D eigenvalue weighted by Gasteiger charge is 2.34. The number of rotatable bonds is 4. The van der Waals surface area contributed by atoms with E-state index in [4.69, 9.17) is 9.15 Å². The second-order valence-electron chi connectivity index (χ2n) is 8.10. The maximum absolute atomic E-state index is 13.3. The van der Waals surface area contributed by atoms with Gasteiger partial charge in [0.05, 0.1) is 4.90 Å². The Labute approximate surface area is 169 Å². The van der Waals surface area contributed by atoms with Crippen LogP contribution in [0, 0.1) is 0 Å². The zero-order chi connectivity index (χ0) is 21.2. The number of fused-ring (bicyclic) bond motifs is 1. The van der Waals surface area contributed by atoms with Crippen LogP contribution in [0.5, 0.6) is 0 Å². The van der Waals surface area contributed by atoms with E-state index in [1.807, 2.05) is 0 Å². The average Bonchev–Trinajstić information content (AvgIpc) is 2.64. The van der Waals surface area contributed by atoms with Crippen LogP contribution in [0.2, 0.25) is 0 Å². The van der Waals surface area contributed by atoms with E-state index < -0.39 is 27.3 Å². The van der Waals surface area contributed by atoms with Gasteiger partial charge in [-0.1, -0.05) is 6.42 Å². The number of hydrogen-bond donors (Lipinski definition) is 1. The summed E-state index contributed by atoms with van der Waals surface area (Å²) in [5.74, 6) is 0. The van der Waals surface area contributed by atoms with Gasteiger partial charge in [-0.2, -0.15) is 4.31 Å².